The van der Waals surface area contributed by atoms with Gasteiger partial charge in [-0.05, 0) is 150 Å². The van der Waals surface area contributed by atoms with E-state index in [1.165, 1.54) is 93.1 Å². The van der Waals surface area contributed by atoms with E-state index in [0.29, 0.717) is 0 Å². The van der Waals surface area contributed by atoms with Crippen LogP contribution in [-0.4, -0.2) is 4.57 Å². The quantitative estimate of drug-likeness (QED) is 0.138. The first-order chi connectivity index (χ1) is 33.7. The van der Waals surface area contributed by atoms with Crippen LogP contribution in [0.3, 0.4) is 0 Å². The first kappa shape index (κ1) is 39.4. The van der Waals surface area contributed by atoms with Crippen LogP contribution in [-0.2, 0) is 0 Å². The Kier molecular flexibility index (Phi) is 9.54. The Bertz CT molecular complexity index is 3940. The summed E-state index contributed by atoms with van der Waals surface area (Å²) in [5.74, 6) is 0. The highest BCUT2D eigenvalue weighted by molar-refractivity contribution is 6.21. The van der Waals surface area contributed by atoms with Crippen molar-refractivity contribution >= 4 is 71.2 Å². The molecular formula is C66H44N2. The van der Waals surface area contributed by atoms with E-state index >= 15 is 0 Å². The maximum absolute atomic E-state index is 2.39. The van der Waals surface area contributed by atoms with Crippen LogP contribution in [0.1, 0.15) is 0 Å². The van der Waals surface area contributed by atoms with E-state index < -0.39 is 0 Å². The Labute approximate surface area is 395 Å². The van der Waals surface area contributed by atoms with E-state index in [-0.39, 0.29) is 0 Å². The van der Waals surface area contributed by atoms with Crippen molar-refractivity contribution in [3.05, 3.63) is 267 Å². The van der Waals surface area contributed by atoms with E-state index in [2.05, 4.69) is 276 Å². The molecule has 12 aromatic carbocycles. The number of benzene rings is 12. The predicted molar refractivity (Wildman–Crippen MR) is 290 cm³/mol. The fourth-order valence-electron chi connectivity index (χ4n) is 10.6. The molecule has 1 aromatic heterocycles. The number of aromatic nitrogens is 1. The second kappa shape index (κ2) is 16.5. The Morgan fingerprint density at radius 1 is 0.235 bits per heavy atom. The fraction of sp³-hybridized carbons (Fsp3) is 0. The number of fused-ring (bicyclic) bond motifs is 6. The minimum atomic E-state index is 1.08. The third kappa shape index (κ3) is 6.73. The van der Waals surface area contributed by atoms with Crippen LogP contribution < -0.4 is 4.90 Å². The molecule has 0 atom stereocenters. The third-order valence-corrected chi connectivity index (χ3v) is 13.7. The van der Waals surface area contributed by atoms with Crippen LogP contribution in [0.4, 0.5) is 17.1 Å². The standard InChI is InChI=1S/C66H44N2/c1-3-17-47(18-4-1)65-58-25-9-11-27-60(58)66(61-28-12-10-26-59(61)65)48-34-39-55(40-35-48)67(54-37-32-46(33-38-54)51-31-30-45-16-7-8-19-49(45)42-51)56-23-15-20-50(43-56)52-36-41-64-62(44-52)57-24-13-14-29-63(57)68(64)53-21-5-2-6-22-53/h1-44H. The van der Waals surface area contributed by atoms with Crippen molar-refractivity contribution in [3.63, 3.8) is 0 Å². The SMILES string of the molecule is c1ccc(-c2c3ccccc3c(-c3ccc(N(c4ccc(-c5ccc6ccccc6c5)cc4)c4cccc(-c5ccc6c(c5)c5ccccc5n6-c5ccccc5)c4)cc3)c3ccccc23)cc1. The van der Waals surface area contributed by atoms with Gasteiger partial charge in [-0.3, -0.25) is 0 Å². The summed E-state index contributed by atoms with van der Waals surface area (Å²) in [5, 5.41) is 9.97. The second-order valence-corrected chi connectivity index (χ2v) is 17.7. The number of hydrogen-bond donors (Lipinski definition) is 0. The van der Waals surface area contributed by atoms with Gasteiger partial charge in [-0.2, -0.15) is 0 Å². The Hall–Kier alpha value is -8.98. The maximum atomic E-state index is 2.39. The topological polar surface area (TPSA) is 8.17 Å². The molecule has 0 N–H and O–H groups in total. The molecule has 2 nitrogen and oxygen atoms in total. The van der Waals surface area contributed by atoms with E-state index in [1.807, 2.05) is 0 Å². The Morgan fingerprint density at radius 2 is 0.691 bits per heavy atom. The molecule has 0 aliphatic heterocycles. The van der Waals surface area contributed by atoms with E-state index in [1.54, 1.807) is 0 Å². The van der Waals surface area contributed by atoms with Crippen LogP contribution in [0, 0.1) is 0 Å². The first-order valence-corrected chi connectivity index (χ1v) is 23.4. The molecule has 68 heavy (non-hydrogen) atoms. The molecule has 1 heterocycles. The van der Waals surface area contributed by atoms with Crippen LogP contribution in [0.15, 0.2) is 267 Å². The highest BCUT2D eigenvalue weighted by Gasteiger charge is 2.19. The highest BCUT2D eigenvalue weighted by atomic mass is 15.1. The third-order valence-electron chi connectivity index (χ3n) is 13.7. The maximum Gasteiger partial charge on any atom is 0.0541 e. The van der Waals surface area contributed by atoms with Crippen LogP contribution >= 0.6 is 0 Å². The normalized spacial score (nSPS) is 11.5. The Balaban J connectivity index is 0.943. The number of para-hydroxylation sites is 2. The minimum Gasteiger partial charge on any atom is -0.310 e. The molecule has 0 unspecified atom stereocenters. The number of nitrogens with zero attached hydrogens (tertiary/aromatic N) is 2. The monoisotopic (exact) mass is 864 g/mol. The van der Waals surface area contributed by atoms with E-state index in [0.717, 1.165) is 28.3 Å². The molecular weight excluding hydrogens is 821 g/mol. The number of hydrogen-bond acceptors (Lipinski definition) is 1. The second-order valence-electron chi connectivity index (χ2n) is 17.7. The molecule has 0 amide bonds. The zero-order chi connectivity index (χ0) is 45.0. The molecule has 0 radical (unpaired) electrons. The van der Waals surface area contributed by atoms with Gasteiger partial charge in [0.15, 0.2) is 0 Å². The number of rotatable bonds is 8. The van der Waals surface area contributed by atoms with Crippen molar-refractivity contribution in [1.29, 1.82) is 0 Å². The molecule has 0 aliphatic carbocycles. The zero-order valence-corrected chi connectivity index (χ0v) is 37.3. The lowest BCUT2D eigenvalue weighted by atomic mass is 9.86. The first-order valence-electron chi connectivity index (χ1n) is 23.4. The molecule has 0 aliphatic rings. The summed E-state index contributed by atoms with van der Waals surface area (Å²) in [6, 6.07) is 97.5. The van der Waals surface area contributed by atoms with Crippen LogP contribution in [0.2, 0.25) is 0 Å². The lowest BCUT2D eigenvalue weighted by Crippen LogP contribution is -2.10. The summed E-state index contributed by atoms with van der Waals surface area (Å²) in [4.78, 5) is 2.39. The minimum absolute atomic E-state index is 1.08. The average Bonchev–Trinajstić information content (AvgIpc) is 3.75. The van der Waals surface area contributed by atoms with Crippen LogP contribution in [0.5, 0.6) is 0 Å². The summed E-state index contributed by atoms with van der Waals surface area (Å²) in [6.07, 6.45) is 0. The average molecular weight is 865 g/mol. The van der Waals surface area contributed by atoms with Gasteiger partial charge in [0.1, 0.15) is 0 Å². The van der Waals surface area contributed by atoms with Crippen LogP contribution in [0.25, 0.3) is 104 Å². The molecule has 2 heteroatoms. The summed E-state index contributed by atoms with van der Waals surface area (Å²) in [5.41, 5.74) is 16.5. The smallest absolute Gasteiger partial charge is 0.0541 e. The summed E-state index contributed by atoms with van der Waals surface area (Å²) >= 11 is 0. The van der Waals surface area contributed by atoms with Gasteiger partial charge in [-0.25, -0.2) is 0 Å². The molecule has 0 bridgehead atoms. The Morgan fingerprint density at radius 3 is 1.35 bits per heavy atom. The van der Waals surface area contributed by atoms with E-state index in [9.17, 15) is 0 Å². The largest absolute Gasteiger partial charge is 0.310 e. The van der Waals surface area contributed by atoms with Crippen molar-refractivity contribution in [2.75, 3.05) is 4.90 Å². The lowest BCUT2D eigenvalue weighted by Gasteiger charge is -2.27. The van der Waals surface area contributed by atoms with Gasteiger partial charge in [-0.15, -0.1) is 0 Å². The molecule has 0 spiro atoms. The van der Waals surface area contributed by atoms with Gasteiger partial charge in [0.2, 0.25) is 0 Å². The summed E-state index contributed by atoms with van der Waals surface area (Å²) in [6.45, 7) is 0. The van der Waals surface area contributed by atoms with Gasteiger partial charge >= 0.3 is 0 Å². The van der Waals surface area contributed by atoms with Crippen molar-refractivity contribution in [3.8, 4) is 50.2 Å². The molecule has 0 fully saturated rings. The molecule has 0 saturated carbocycles. The lowest BCUT2D eigenvalue weighted by molar-refractivity contribution is 1.18. The molecule has 13 aromatic rings. The summed E-state index contributed by atoms with van der Waals surface area (Å²) < 4.78 is 2.38. The van der Waals surface area contributed by atoms with Gasteiger partial charge < -0.3 is 9.47 Å². The highest BCUT2D eigenvalue weighted by Crippen LogP contribution is 2.45. The molecule has 318 valence electrons. The van der Waals surface area contributed by atoms with Gasteiger partial charge in [0, 0.05) is 33.5 Å². The van der Waals surface area contributed by atoms with Crippen molar-refractivity contribution in [2.24, 2.45) is 0 Å². The van der Waals surface area contributed by atoms with Gasteiger partial charge in [0.25, 0.3) is 0 Å². The van der Waals surface area contributed by atoms with Gasteiger partial charge in [-0.1, -0.05) is 194 Å². The van der Waals surface area contributed by atoms with Gasteiger partial charge in [0.05, 0.1) is 11.0 Å². The van der Waals surface area contributed by atoms with Crippen molar-refractivity contribution in [2.45, 2.75) is 0 Å². The van der Waals surface area contributed by atoms with Crippen molar-refractivity contribution < 1.29 is 0 Å². The van der Waals surface area contributed by atoms with E-state index in [4.69, 9.17) is 0 Å². The summed E-state index contributed by atoms with van der Waals surface area (Å²) in [7, 11) is 0. The number of anilines is 3. The zero-order valence-electron chi connectivity index (χ0n) is 37.3. The molecule has 0 saturated heterocycles. The fourth-order valence-corrected chi connectivity index (χ4v) is 10.6. The van der Waals surface area contributed by atoms with Crippen molar-refractivity contribution in [1.82, 2.24) is 4.57 Å². The molecule has 13 rings (SSSR count). The predicted octanol–water partition coefficient (Wildman–Crippen LogP) is 18.4.